The zero-order valence-corrected chi connectivity index (χ0v) is 18.3. The maximum atomic E-state index is 13.5. The lowest BCUT2D eigenvalue weighted by molar-refractivity contribution is 0.657. The van der Waals surface area contributed by atoms with Crippen molar-refractivity contribution >= 4 is 40.7 Å². The molecule has 32 heavy (non-hydrogen) atoms. The van der Waals surface area contributed by atoms with Crippen molar-refractivity contribution in [1.29, 1.82) is 0 Å². The summed E-state index contributed by atoms with van der Waals surface area (Å²) in [7, 11) is 0. The van der Waals surface area contributed by atoms with Gasteiger partial charge in [0.1, 0.15) is 5.69 Å². The second-order valence-corrected chi connectivity index (χ2v) is 8.51. The fourth-order valence-corrected chi connectivity index (χ4v) is 4.24. The SMILES string of the molecule is C=c1c(-c2nc3nccc(-c4ccc(F)s4)c3[nH]2)n[nH]/c1=C/C=C(\C)c1cncc(C)c1. The Balaban J connectivity index is 1.54. The van der Waals surface area contributed by atoms with Gasteiger partial charge in [-0.25, -0.2) is 9.97 Å². The van der Waals surface area contributed by atoms with Crippen LogP contribution in [0.25, 0.3) is 51.4 Å². The van der Waals surface area contributed by atoms with E-state index in [1.165, 1.54) is 6.07 Å². The Morgan fingerprint density at radius 2 is 2.09 bits per heavy atom. The first-order valence-electron chi connectivity index (χ1n) is 9.94. The van der Waals surface area contributed by atoms with Crippen LogP contribution < -0.4 is 10.6 Å². The van der Waals surface area contributed by atoms with Crippen molar-refractivity contribution in [3.8, 4) is 22.0 Å². The molecule has 5 heterocycles. The number of hydrogen-bond acceptors (Lipinski definition) is 5. The first kappa shape index (κ1) is 20.0. The number of aryl methyl sites for hydroxylation is 1. The number of nitrogens with one attached hydrogen (secondary N) is 2. The van der Waals surface area contributed by atoms with Gasteiger partial charge in [-0.05, 0) is 60.9 Å². The fourth-order valence-electron chi connectivity index (χ4n) is 3.48. The lowest BCUT2D eigenvalue weighted by atomic mass is 10.1. The van der Waals surface area contributed by atoms with Crippen LogP contribution in [-0.4, -0.2) is 30.1 Å². The lowest BCUT2D eigenvalue weighted by Crippen LogP contribution is -2.21. The van der Waals surface area contributed by atoms with Gasteiger partial charge in [0.2, 0.25) is 0 Å². The number of thiophene rings is 1. The fraction of sp³-hybridized carbons (Fsp3) is 0.0833. The van der Waals surface area contributed by atoms with E-state index in [1.54, 1.807) is 12.3 Å². The van der Waals surface area contributed by atoms with Crippen molar-refractivity contribution in [3.63, 3.8) is 0 Å². The van der Waals surface area contributed by atoms with E-state index in [9.17, 15) is 4.39 Å². The van der Waals surface area contributed by atoms with Crippen LogP contribution in [0, 0.1) is 12.1 Å². The highest BCUT2D eigenvalue weighted by molar-refractivity contribution is 7.14. The molecule has 0 spiro atoms. The molecule has 0 fully saturated rings. The molecule has 5 aromatic heterocycles. The second-order valence-electron chi connectivity index (χ2n) is 7.48. The molecule has 0 aliphatic heterocycles. The Morgan fingerprint density at radius 3 is 2.88 bits per heavy atom. The number of rotatable bonds is 4. The van der Waals surface area contributed by atoms with Gasteiger partial charge in [-0.3, -0.25) is 10.1 Å². The smallest absolute Gasteiger partial charge is 0.178 e. The quantitative estimate of drug-likeness (QED) is 0.437. The Bertz CT molecular complexity index is 1590. The van der Waals surface area contributed by atoms with E-state index < -0.39 is 0 Å². The van der Waals surface area contributed by atoms with Crippen LogP contribution in [0.4, 0.5) is 4.39 Å². The minimum atomic E-state index is -0.234. The topological polar surface area (TPSA) is 83.1 Å². The van der Waals surface area contributed by atoms with E-state index in [0.717, 1.165) is 54.6 Å². The third-order valence-electron chi connectivity index (χ3n) is 5.18. The number of pyridine rings is 2. The molecule has 0 atom stereocenters. The van der Waals surface area contributed by atoms with Gasteiger partial charge >= 0.3 is 0 Å². The Kier molecular flexibility index (Phi) is 4.99. The predicted octanol–water partition coefficient (Wildman–Crippen LogP) is 4.21. The van der Waals surface area contributed by atoms with Crippen molar-refractivity contribution in [2.45, 2.75) is 13.8 Å². The number of allylic oxidation sites excluding steroid dienone is 2. The first-order chi connectivity index (χ1) is 15.5. The number of aromatic amines is 2. The largest absolute Gasteiger partial charge is 0.335 e. The third kappa shape index (κ3) is 3.65. The van der Waals surface area contributed by atoms with Crippen LogP contribution in [0.5, 0.6) is 0 Å². The zero-order valence-electron chi connectivity index (χ0n) is 17.5. The minimum Gasteiger partial charge on any atom is -0.335 e. The number of hydrogen-bond donors (Lipinski definition) is 2. The molecule has 0 bridgehead atoms. The highest BCUT2D eigenvalue weighted by Gasteiger charge is 2.15. The summed E-state index contributed by atoms with van der Waals surface area (Å²) < 4.78 is 13.5. The van der Waals surface area contributed by atoms with Gasteiger partial charge in [-0.1, -0.05) is 12.7 Å². The maximum absolute atomic E-state index is 13.5. The average Bonchev–Trinajstić information content (AvgIpc) is 3.49. The molecule has 0 aliphatic rings. The number of imidazole rings is 1. The number of nitrogens with zero attached hydrogens (tertiary/aromatic N) is 4. The summed E-state index contributed by atoms with van der Waals surface area (Å²) in [5.74, 6) is 0.557. The van der Waals surface area contributed by atoms with Crippen LogP contribution in [0.3, 0.4) is 0 Å². The summed E-state index contributed by atoms with van der Waals surface area (Å²) in [6.45, 7) is 8.23. The molecular formula is C24H19FN6S. The standard InChI is InChI=1S/C24H19FN6S/c1-13-10-16(12-26-11-13)14(2)4-5-18-15(3)21(31-30-18)24-28-22-17(8-9-27-23(22)29-24)19-6-7-20(25)32-19/h4-12,30H,3H2,1-2H3,(H,27,28,29)/b14-4+,18-5+. The summed E-state index contributed by atoms with van der Waals surface area (Å²) in [5.41, 5.74) is 5.99. The number of halogens is 1. The van der Waals surface area contributed by atoms with Crippen molar-refractivity contribution in [1.82, 2.24) is 30.1 Å². The molecule has 0 aliphatic carbocycles. The van der Waals surface area contributed by atoms with Crippen molar-refractivity contribution in [3.05, 3.63) is 75.8 Å². The van der Waals surface area contributed by atoms with Crippen molar-refractivity contribution in [2.24, 2.45) is 0 Å². The zero-order chi connectivity index (χ0) is 22.2. The van der Waals surface area contributed by atoms with E-state index in [1.807, 2.05) is 44.5 Å². The summed E-state index contributed by atoms with van der Waals surface area (Å²) in [5, 5.41) is 8.72. The molecular weight excluding hydrogens is 423 g/mol. The van der Waals surface area contributed by atoms with E-state index in [0.29, 0.717) is 17.2 Å². The summed E-state index contributed by atoms with van der Waals surface area (Å²) in [6, 6.07) is 7.14. The maximum Gasteiger partial charge on any atom is 0.178 e. The molecule has 0 saturated heterocycles. The molecule has 6 nitrogen and oxygen atoms in total. The van der Waals surface area contributed by atoms with E-state index >= 15 is 0 Å². The third-order valence-corrected chi connectivity index (χ3v) is 6.09. The van der Waals surface area contributed by atoms with E-state index in [2.05, 4.69) is 42.8 Å². The second kappa shape index (κ2) is 7.97. The van der Waals surface area contributed by atoms with Gasteiger partial charge in [-0.2, -0.15) is 9.49 Å². The highest BCUT2D eigenvalue weighted by Crippen LogP contribution is 2.32. The van der Waals surface area contributed by atoms with Gasteiger partial charge in [0.15, 0.2) is 16.6 Å². The number of aromatic nitrogens is 6. The van der Waals surface area contributed by atoms with Gasteiger partial charge in [0.25, 0.3) is 0 Å². The lowest BCUT2D eigenvalue weighted by Gasteiger charge is -2.00. The Morgan fingerprint density at radius 1 is 1.22 bits per heavy atom. The Labute approximate surface area is 186 Å². The molecule has 0 amide bonds. The molecule has 0 unspecified atom stereocenters. The molecule has 5 aromatic rings. The monoisotopic (exact) mass is 442 g/mol. The number of fused-ring (bicyclic) bond motifs is 1. The van der Waals surface area contributed by atoms with Gasteiger partial charge in [0.05, 0.1) is 10.9 Å². The predicted molar refractivity (Wildman–Crippen MR) is 127 cm³/mol. The van der Waals surface area contributed by atoms with Gasteiger partial charge in [0, 0.05) is 34.2 Å². The molecule has 158 valence electrons. The van der Waals surface area contributed by atoms with Gasteiger partial charge in [-0.15, -0.1) is 11.3 Å². The van der Waals surface area contributed by atoms with Crippen LogP contribution in [0.2, 0.25) is 0 Å². The summed E-state index contributed by atoms with van der Waals surface area (Å²) >= 11 is 1.08. The summed E-state index contributed by atoms with van der Waals surface area (Å²) in [4.78, 5) is 17.3. The van der Waals surface area contributed by atoms with Crippen molar-refractivity contribution in [2.75, 3.05) is 0 Å². The molecule has 5 rings (SSSR count). The van der Waals surface area contributed by atoms with Crippen molar-refractivity contribution < 1.29 is 4.39 Å². The number of H-pyrrole nitrogens is 2. The average molecular weight is 443 g/mol. The molecule has 0 saturated carbocycles. The van der Waals surface area contributed by atoms with Crippen LogP contribution in [0.15, 0.2) is 48.9 Å². The molecule has 2 N–H and O–H groups in total. The van der Waals surface area contributed by atoms with Crippen LogP contribution in [0.1, 0.15) is 18.1 Å². The van der Waals surface area contributed by atoms with Gasteiger partial charge < -0.3 is 4.98 Å². The molecule has 0 aromatic carbocycles. The van der Waals surface area contributed by atoms with Crippen LogP contribution in [-0.2, 0) is 0 Å². The van der Waals surface area contributed by atoms with E-state index in [4.69, 9.17) is 0 Å². The minimum absolute atomic E-state index is 0.234. The summed E-state index contributed by atoms with van der Waals surface area (Å²) in [6.07, 6.45) is 9.29. The van der Waals surface area contributed by atoms with E-state index in [-0.39, 0.29) is 5.13 Å². The first-order valence-corrected chi connectivity index (χ1v) is 10.8. The molecule has 0 radical (unpaired) electrons. The normalized spacial score (nSPS) is 12.7. The van der Waals surface area contributed by atoms with Crippen LogP contribution >= 0.6 is 11.3 Å². The molecule has 8 heteroatoms. The highest BCUT2D eigenvalue weighted by atomic mass is 32.1. The Hall–Kier alpha value is -3.91.